The van der Waals surface area contributed by atoms with Crippen molar-refractivity contribution in [3.8, 4) is 0 Å². The quantitative estimate of drug-likeness (QED) is 0.148. The van der Waals surface area contributed by atoms with Crippen molar-refractivity contribution in [3.05, 3.63) is 0 Å². The second-order valence-electron chi connectivity index (χ2n) is 0.287. The Morgan fingerprint density at radius 2 is 1.80 bits per heavy atom. The summed E-state index contributed by atoms with van der Waals surface area (Å²) in [5.41, 5.74) is 0. The third kappa shape index (κ3) is 27.5. The van der Waals surface area contributed by atoms with Crippen molar-refractivity contribution >= 4 is 41.0 Å². The summed E-state index contributed by atoms with van der Waals surface area (Å²) in [6.45, 7) is 0. The molecule has 0 atom stereocenters. The average molecular weight is 133 g/mol. The Kier molecular flexibility index (Phi) is 11.1. The van der Waals surface area contributed by atoms with Crippen molar-refractivity contribution in [1.29, 1.82) is 0 Å². The van der Waals surface area contributed by atoms with Gasteiger partial charge in [-0.05, 0) is 12.6 Å². The molecule has 0 nitrogen and oxygen atoms in total. The van der Waals surface area contributed by atoms with E-state index >= 15 is 0 Å². The molecule has 0 fully saturated rings. The molecule has 0 aliphatic rings. The minimum absolute atomic E-state index is 0. The normalized spacial score (nSPS) is 5.00. The average Bonchev–Trinajstić information content (AvgIpc) is 0.811. The first-order chi connectivity index (χ1) is 1.73. The fourth-order valence-corrected chi connectivity index (χ4v) is 0. The van der Waals surface area contributed by atoms with Gasteiger partial charge in [0.05, 0.1) is 3.53 Å². The van der Waals surface area contributed by atoms with Crippen LogP contribution in [-0.4, -0.2) is 3.53 Å². The molecule has 0 heterocycles. The smallest absolute Gasteiger partial charge is 0.377 e. The molecule has 0 aliphatic heterocycles. The van der Waals surface area contributed by atoms with E-state index in [1.54, 1.807) is 0 Å². The molecule has 0 aliphatic carbocycles. The van der Waals surface area contributed by atoms with Crippen LogP contribution in [0.3, 0.4) is 0 Å². The molecule has 0 bridgehead atoms. The van der Waals surface area contributed by atoms with E-state index in [9.17, 15) is 0 Å². The second-order valence-corrected chi connectivity index (χ2v) is 2.59. The molecule has 0 N–H and O–H groups in total. The third-order valence-electron chi connectivity index (χ3n) is 0. The van der Waals surface area contributed by atoms with E-state index in [1.807, 2.05) is 0 Å². The standard InChI is InChI=1S/CH2S3.Na/c2-1(3)4;/h(H2,2,3,4);/q;+1. The minimum Gasteiger partial charge on any atom is -0.377 e. The Morgan fingerprint density at radius 3 is 1.80 bits per heavy atom. The van der Waals surface area contributed by atoms with Gasteiger partial charge >= 0.3 is 29.6 Å². The van der Waals surface area contributed by atoms with Crippen molar-refractivity contribution in [2.24, 2.45) is 0 Å². The van der Waals surface area contributed by atoms with Gasteiger partial charge in [0, 0.05) is 0 Å². The van der Waals surface area contributed by atoms with E-state index in [4.69, 9.17) is 0 Å². The Balaban J connectivity index is 0. The molecule has 5 heavy (non-hydrogen) atoms. The van der Waals surface area contributed by atoms with Crippen LogP contribution in [0.2, 0.25) is 0 Å². The monoisotopic (exact) mass is 133 g/mol. The fraction of sp³-hybridized carbons (Fsp3) is 0. The molecule has 0 spiro atoms. The summed E-state index contributed by atoms with van der Waals surface area (Å²) >= 11 is 11.4. The summed E-state index contributed by atoms with van der Waals surface area (Å²) in [7, 11) is 0. The van der Waals surface area contributed by atoms with Crippen LogP contribution in [-0.2, 0) is 25.3 Å². The largest absolute Gasteiger partial charge is 1.00 e. The Morgan fingerprint density at radius 1 is 1.80 bits per heavy atom. The van der Waals surface area contributed by atoms with E-state index in [1.165, 1.54) is 0 Å². The van der Waals surface area contributed by atoms with Gasteiger partial charge in [-0.15, -0.1) is 0 Å². The minimum atomic E-state index is 0. The Labute approximate surface area is 69.8 Å². The molecule has 0 rings (SSSR count). The molecule has 0 radical (unpaired) electrons. The van der Waals surface area contributed by atoms with Crippen molar-refractivity contribution in [1.82, 2.24) is 0 Å². The fourth-order valence-electron chi connectivity index (χ4n) is 0. The zero-order chi connectivity index (χ0) is 3.58. The van der Waals surface area contributed by atoms with E-state index in [2.05, 4.69) is 37.5 Å². The molecule has 4 heteroatoms. The first kappa shape index (κ1) is 9.83. The van der Waals surface area contributed by atoms with Gasteiger partial charge in [0.1, 0.15) is 0 Å². The first-order valence-corrected chi connectivity index (χ1v) is 1.97. The van der Waals surface area contributed by atoms with Gasteiger partial charge in [0.15, 0.2) is 0 Å². The van der Waals surface area contributed by atoms with Crippen LogP contribution < -0.4 is 29.6 Å². The van der Waals surface area contributed by atoms with Gasteiger partial charge in [-0.1, -0.05) is 0 Å². The maximum atomic E-state index is 4.27. The predicted octanol–water partition coefficient (Wildman–Crippen LogP) is -3.17. The van der Waals surface area contributed by atoms with Gasteiger partial charge in [-0.25, -0.2) is 0 Å². The van der Waals surface area contributed by atoms with Crippen LogP contribution in [0.25, 0.3) is 0 Å². The maximum Gasteiger partial charge on any atom is 1.00 e. The van der Waals surface area contributed by atoms with Crippen molar-refractivity contribution < 1.29 is 29.6 Å². The molecule has 0 saturated carbocycles. The second kappa shape index (κ2) is 5.66. The van der Waals surface area contributed by atoms with Crippen LogP contribution in [0, 0.1) is 0 Å². The molecule has 24 valence electrons. The summed E-state index contributed by atoms with van der Waals surface area (Å²) in [5, 5.41) is 0. The zero-order valence-electron chi connectivity index (χ0n) is 2.82. The van der Waals surface area contributed by atoms with Crippen LogP contribution >= 0.6 is 12.2 Å². The molecule has 0 aromatic heterocycles. The molecule has 0 amide bonds. The SMILES string of the molecule is S=C([S-])[SH2+].[Na+]. The maximum absolute atomic E-state index is 4.27. The van der Waals surface area contributed by atoms with Gasteiger partial charge < -0.3 is 24.8 Å². The summed E-state index contributed by atoms with van der Waals surface area (Å²) in [5.74, 6) is 0. The summed E-state index contributed by atoms with van der Waals surface area (Å²) < 4.78 is 0.389. The molecular weight excluding hydrogens is 131 g/mol. The van der Waals surface area contributed by atoms with E-state index < -0.39 is 0 Å². The van der Waals surface area contributed by atoms with Crippen LogP contribution in [0.1, 0.15) is 0 Å². The molecular formula is CH2NaS3+. The summed E-state index contributed by atoms with van der Waals surface area (Å²) in [6.07, 6.45) is 0. The van der Waals surface area contributed by atoms with Crippen LogP contribution in [0.5, 0.6) is 0 Å². The molecule has 0 aromatic carbocycles. The molecule has 0 saturated heterocycles. The van der Waals surface area contributed by atoms with Crippen molar-refractivity contribution in [2.45, 2.75) is 0 Å². The van der Waals surface area contributed by atoms with Gasteiger partial charge in [0.25, 0.3) is 0 Å². The topological polar surface area (TPSA) is 0 Å². The Hall–Kier alpha value is 1.66. The van der Waals surface area contributed by atoms with Crippen LogP contribution in [0.4, 0.5) is 0 Å². The van der Waals surface area contributed by atoms with E-state index in [-0.39, 0.29) is 29.6 Å². The first-order valence-electron chi connectivity index (χ1n) is 0.658. The summed E-state index contributed by atoms with van der Waals surface area (Å²) in [6, 6.07) is 0. The third-order valence-corrected chi connectivity index (χ3v) is 0. The number of hydrogen-bond acceptors (Lipinski definition) is 2. The summed E-state index contributed by atoms with van der Waals surface area (Å²) in [4.78, 5) is 0. The molecule has 0 unspecified atom stereocenters. The van der Waals surface area contributed by atoms with Gasteiger partial charge in [0.2, 0.25) is 0 Å². The molecule has 0 aromatic rings. The number of thiocarbonyl (C=S) groups is 1. The van der Waals surface area contributed by atoms with Gasteiger partial charge in [-0.2, -0.15) is 0 Å². The Bertz CT molecular complexity index is 29.9. The van der Waals surface area contributed by atoms with E-state index in [0.717, 1.165) is 0 Å². The van der Waals surface area contributed by atoms with Crippen molar-refractivity contribution in [3.63, 3.8) is 0 Å². The number of hydrogen-bond donors (Lipinski definition) is 0. The van der Waals surface area contributed by atoms with Crippen LogP contribution in [0.15, 0.2) is 0 Å². The number of rotatable bonds is 0. The predicted molar refractivity (Wildman–Crippen MR) is 30.1 cm³/mol. The van der Waals surface area contributed by atoms with E-state index in [0.29, 0.717) is 3.53 Å². The van der Waals surface area contributed by atoms with Crippen molar-refractivity contribution in [2.75, 3.05) is 0 Å². The zero-order valence-corrected chi connectivity index (χ0v) is 7.45. The van der Waals surface area contributed by atoms with Gasteiger partial charge in [-0.3, -0.25) is 0 Å².